The molecule has 2 heteroatoms. The third kappa shape index (κ3) is 3.58. The molecule has 0 spiro atoms. The number of hydrogen-bond donors (Lipinski definition) is 1. The Morgan fingerprint density at radius 2 is 1.14 bits per heavy atom. The molecule has 3 rings (SSSR count). The fourth-order valence-electron chi connectivity index (χ4n) is 2.89. The van der Waals surface area contributed by atoms with Crippen LogP contribution in [-0.4, -0.2) is 26.2 Å². The first kappa shape index (κ1) is 14.8. The molecule has 1 nitrogen and oxygen atoms in total. The third-order valence-corrected chi connectivity index (χ3v) is 7.53. The average molecular weight is 345 g/mol. The normalized spacial score (nSPS) is 25.8. The summed E-state index contributed by atoms with van der Waals surface area (Å²) in [6.07, 6.45) is 1.68. The molecular formula is C19H22OSe. The summed E-state index contributed by atoms with van der Waals surface area (Å²) < 4.78 is 0. The molecule has 1 N–H and O–H groups in total. The summed E-state index contributed by atoms with van der Waals surface area (Å²) in [4.78, 5) is 1.07. The molecule has 0 aromatic heterocycles. The molecule has 1 saturated heterocycles. The summed E-state index contributed by atoms with van der Waals surface area (Å²) in [7, 11) is 0. The SMILES string of the molecule is Cc1ccc([C@@H]2CC(O)C[C@H](c3ccc(C)cc3)[Se]2)cc1. The van der Waals surface area contributed by atoms with Gasteiger partial charge in [-0.3, -0.25) is 0 Å². The van der Waals surface area contributed by atoms with Gasteiger partial charge in [0.2, 0.25) is 0 Å². The van der Waals surface area contributed by atoms with Gasteiger partial charge in [0.15, 0.2) is 0 Å². The van der Waals surface area contributed by atoms with Crippen LogP contribution in [0.4, 0.5) is 0 Å². The molecule has 3 atom stereocenters. The van der Waals surface area contributed by atoms with Crippen LogP contribution in [0, 0.1) is 13.8 Å². The Kier molecular flexibility index (Phi) is 4.49. The number of benzene rings is 2. The second-order valence-electron chi connectivity index (χ2n) is 6.06. The summed E-state index contributed by atoms with van der Waals surface area (Å²) in [5.41, 5.74) is 5.41. The van der Waals surface area contributed by atoms with E-state index in [2.05, 4.69) is 62.4 Å². The first-order chi connectivity index (χ1) is 10.1. The predicted octanol–water partition coefficient (Wildman–Crippen LogP) is 3.94. The molecule has 0 aliphatic carbocycles. The van der Waals surface area contributed by atoms with Crippen LogP contribution in [0.15, 0.2) is 48.5 Å². The van der Waals surface area contributed by atoms with Gasteiger partial charge in [-0.25, -0.2) is 0 Å². The van der Waals surface area contributed by atoms with E-state index in [1.807, 2.05) is 0 Å². The van der Waals surface area contributed by atoms with Crippen molar-refractivity contribution in [2.45, 2.75) is 42.4 Å². The fraction of sp³-hybridized carbons (Fsp3) is 0.368. The van der Waals surface area contributed by atoms with Crippen molar-refractivity contribution in [3.63, 3.8) is 0 Å². The van der Waals surface area contributed by atoms with Crippen LogP contribution in [0.1, 0.15) is 44.7 Å². The van der Waals surface area contributed by atoms with Gasteiger partial charge in [-0.1, -0.05) is 0 Å². The van der Waals surface area contributed by atoms with E-state index >= 15 is 0 Å². The van der Waals surface area contributed by atoms with Crippen LogP contribution in [0.5, 0.6) is 0 Å². The topological polar surface area (TPSA) is 20.2 Å². The van der Waals surface area contributed by atoms with Gasteiger partial charge in [0.25, 0.3) is 0 Å². The van der Waals surface area contributed by atoms with Gasteiger partial charge in [-0.05, 0) is 0 Å². The minimum absolute atomic E-state index is 0.168. The van der Waals surface area contributed by atoms with E-state index in [9.17, 15) is 5.11 Å². The number of aliphatic hydroxyl groups is 1. The Balaban J connectivity index is 1.81. The van der Waals surface area contributed by atoms with Gasteiger partial charge in [-0.15, -0.1) is 0 Å². The Morgan fingerprint density at radius 3 is 1.52 bits per heavy atom. The zero-order valence-electron chi connectivity index (χ0n) is 12.6. The van der Waals surface area contributed by atoms with Crippen molar-refractivity contribution in [2.75, 3.05) is 0 Å². The average Bonchev–Trinajstić information content (AvgIpc) is 2.48. The monoisotopic (exact) mass is 346 g/mol. The van der Waals surface area contributed by atoms with E-state index in [1.54, 1.807) is 0 Å². The van der Waals surface area contributed by atoms with Crippen molar-refractivity contribution in [2.24, 2.45) is 0 Å². The van der Waals surface area contributed by atoms with Gasteiger partial charge in [0.05, 0.1) is 0 Å². The molecule has 2 aromatic carbocycles. The van der Waals surface area contributed by atoms with Gasteiger partial charge in [-0.2, -0.15) is 0 Å². The van der Waals surface area contributed by atoms with Gasteiger partial charge < -0.3 is 0 Å². The maximum absolute atomic E-state index is 10.3. The third-order valence-electron chi connectivity index (χ3n) is 4.20. The summed E-state index contributed by atoms with van der Waals surface area (Å²) in [5.74, 6) is 0. The quantitative estimate of drug-likeness (QED) is 0.818. The first-order valence-electron chi connectivity index (χ1n) is 7.58. The van der Waals surface area contributed by atoms with Crippen molar-refractivity contribution in [3.8, 4) is 0 Å². The van der Waals surface area contributed by atoms with E-state index in [1.165, 1.54) is 22.3 Å². The molecule has 1 aliphatic heterocycles. The van der Waals surface area contributed by atoms with Crippen molar-refractivity contribution < 1.29 is 5.11 Å². The molecule has 0 amide bonds. The molecule has 2 aromatic rings. The Labute approximate surface area is 133 Å². The fourth-order valence-corrected chi connectivity index (χ4v) is 6.44. The Bertz CT molecular complexity index is 534. The van der Waals surface area contributed by atoms with Gasteiger partial charge in [0, 0.05) is 0 Å². The van der Waals surface area contributed by atoms with Crippen LogP contribution in [0.3, 0.4) is 0 Å². The molecule has 0 radical (unpaired) electrons. The minimum atomic E-state index is -0.168. The van der Waals surface area contributed by atoms with Crippen molar-refractivity contribution >= 4 is 15.0 Å². The van der Waals surface area contributed by atoms with Crippen LogP contribution < -0.4 is 0 Å². The Hall–Kier alpha value is -1.08. The zero-order valence-corrected chi connectivity index (χ0v) is 14.3. The zero-order chi connectivity index (χ0) is 14.8. The van der Waals surface area contributed by atoms with Crippen molar-refractivity contribution in [3.05, 3.63) is 70.8 Å². The van der Waals surface area contributed by atoms with E-state index in [4.69, 9.17) is 0 Å². The van der Waals surface area contributed by atoms with E-state index in [-0.39, 0.29) is 6.10 Å². The standard InChI is InChI=1S/C19H22OSe/c1-13-3-7-15(8-4-13)18-11-17(20)12-19(21-18)16-9-5-14(2)6-10-16/h3-10,17-20H,11-12H2,1-2H3/t17?,18-,19+. The second kappa shape index (κ2) is 6.35. The molecule has 1 fully saturated rings. The summed E-state index contributed by atoms with van der Waals surface area (Å²) in [6.45, 7) is 4.25. The maximum atomic E-state index is 10.3. The van der Waals surface area contributed by atoms with Crippen molar-refractivity contribution in [1.29, 1.82) is 0 Å². The summed E-state index contributed by atoms with van der Waals surface area (Å²) in [5, 5.41) is 10.3. The van der Waals surface area contributed by atoms with E-state index in [0.717, 1.165) is 12.8 Å². The molecular weight excluding hydrogens is 323 g/mol. The first-order valence-corrected chi connectivity index (χ1v) is 9.56. The molecule has 1 unspecified atom stereocenters. The Morgan fingerprint density at radius 1 is 0.762 bits per heavy atom. The second-order valence-corrected chi connectivity index (χ2v) is 9.02. The number of aliphatic hydroxyl groups excluding tert-OH is 1. The molecule has 1 aliphatic rings. The van der Waals surface area contributed by atoms with Crippen LogP contribution in [0.25, 0.3) is 0 Å². The van der Waals surface area contributed by atoms with Crippen LogP contribution in [0.2, 0.25) is 0 Å². The van der Waals surface area contributed by atoms with Crippen LogP contribution in [-0.2, 0) is 0 Å². The number of aryl methyl sites for hydroxylation is 2. The predicted molar refractivity (Wildman–Crippen MR) is 88.8 cm³/mol. The molecule has 0 saturated carbocycles. The molecule has 1 heterocycles. The van der Waals surface area contributed by atoms with E-state index in [0.29, 0.717) is 24.6 Å². The van der Waals surface area contributed by atoms with Crippen molar-refractivity contribution in [1.82, 2.24) is 0 Å². The molecule has 110 valence electrons. The number of rotatable bonds is 2. The summed E-state index contributed by atoms with van der Waals surface area (Å²) >= 11 is 0.504. The molecule has 0 bridgehead atoms. The van der Waals surface area contributed by atoms with E-state index < -0.39 is 0 Å². The summed E-state index contributed by atoms with van der Waals surface area (Å²) in [6, 6.07) is 17.7. The van der Waals surface area contributed by atoms with Gasteiger partial charge in [0.1, 0.15) is 0 Å². The number of hydrogen-bond acceptors (Lipinski definition) is 1. The van der Waals surface area contributed by atoms with Gasteiger partial charge >= 0.3 is 133 Å². The molecule has 21 heavy (non-hydrogen) atoms. The van der Waals surface area contributed by atoms with Crippen LogP contribution >= 0.6 is 0 Å².